The van der Waals surface area contributed by atoms with Gasteiger partial charge in [0.1, 0.15) is 12.4 Å². The number of hydrogen-bond donors (Lipinski definition) is 0. The van der Waals surface area contributed by atoms with Crippen LogP contribution in [0, 0.1) is 12.7 Å². The molecule has 2 aromatic carbocycles. The van der Waals surface area contributed by atoms with Crippen LogP contribution >= 0.6 is 11.3 Å². The van der Waals surface area contributed by atoms with Gasteiger partial charge in [0, 0.05) is 12.3 Å². The highest BCUT2D eigenvalue weighted by Crippen LogP contribution is 2.29. The molecule has 0 aliphatic rings. The first-order valence-electron chi connectivity index (χ1n) is 8.18. The van der Waals surface area contributed by atoms with Crippen molar-refractivity contribution in [3.05, 3.63) is 76.5 Å². The molecule has 0 fully saturated rings. The van der Waals surface area contributed by atoms with E-state index in [1.807, 2.05) is 31.2 Å². The number of hydrogen-bond acceptors (Lipinski definition) is 5. The number of carbonyl (C=O) groups excluding carboxylic acids is 2. The number of ether oxygens (including phenoxy) is 1. The number of aromatic nitrogens is 1. The summed E-state index contributed by atoms with van der Waals surface area (Å²) in [6.45, 7) is 3.38. The highest BCUT2D eigenvalue weighted by molar-refractivity contribution is 7.14. The summed E-state index contributed by atoms with van der Waals surface area (Å²) in [7, 11) is 0. The molecule has 3 rings (SSSR count). The summed E-state index contributed by atoms with van der Waals surface area (Å²) in [4.78, 5) is 30.0. The molecule has 7 heteroatoms. The summed E-state index contributed by atoms with van der Waals surface area (Å²) in [6, 6.07) is 12.7. The lowest BCUT2D eigenvalue weighted by molar-refractivity contribution is -0.115. The van der Waals surface area contributed by atoms with Crippen molar-refractivity contribution in [1.29, 1.82) is 0 Å². The van der Waals surface area contributed by atoms with Gasteiger partial charge in [0.15, 0.2) is 5.13 Å². The van der Waals surface area contributed by atoms with Crippen molar-refractivity contribution in [2.45, 2.75) is 20.5 Å². The van der Waals surface area contributed by atoms with Gasteiger partial charge in [-0.1, -0.05) is 12.1 Å². The molecule has 138 valence electrons. The van der Waals surface area contributed by atoms with Gasteiger partial charge in [-0.25, -0.2) is 14.2 Å². The van der Waals surface area contributed by atoms with Gasteiger partial charge in [-0.15, -0.1) is 11.3 Å². The Morgan fingerprint density at radius 3 is 2.59 bits per heavy atom. The number of benzene rings is 2. The van der Waals surface area contributed by atoms with Gasteiger partial charge in [-0.05, 0) is 48.9 Å². The van der Waals surface area contributed by atoms with Crippen molar-refractivity contribution in [2.75, 3.05) is 4.90 Å². The second-order valence-electron chi connectivity index (χ2n) is 5.90. The topological polar surface area (TPSA) is 59.5 Å². The lowest BCUT2D eigenvalue weighted by Gasteiger charge is -2.18. The fraction of sp³-hybridized carbons (Fsp3) is 0.150. The van der Waals surface area contributed by atoms with Crippen molar-refractivity contribution in [2.24, 2.45) is 0 Å². The first-order chi connectivity index (χ1) is 12.9. The second kappa shape index (κ2) is 8.09. The number of amides is 1. The second-order valence-corrected chi connectivity index (χ2v) is 6.73. The number of rotatable bonds is 5. The Bertz CT molecular complexity index is 969. The van der Waals surface area contributed by atoms with E-state index in [0.29, 0.717) is 10.8 Å². The zero-order valence-electron chi connectivity index (χ0n) is 14.8. The van der Waals surface area contributed by atoms with Crippen molar-refractivity contribution < 1.29 is 18.7 Å². The van der Waals surface area contributed by atoms with E-state index in [1.165, 1.54) is 47.4 Å². The smallest absolute Gasteiger partial charge is 0.338 e. The van der Waals surface area contributed by atoms with Crippen LogP contribution in [0.3, 0.4) is 0 Å². The third-order valence-electron chi connectivity index (χ3n) is 3.74. The van der Waals surface area contributed by atoms with Crippen LogP contribution in [0.5, 0.6) is 0 Å². The molecule has 0 saturated heterocycles. The maximum absolute atomic E-state index is 12.9. The lowest BCUT2D eigenvalue weighted by atomic mass is 10.2. The number of aryl methyl sites for hydroxylation is 1. The molecule has 0 bridgehead atoms. The Morgan fingerprint density at radius 2 is 1.93 bits per heavy atom. The van der Waals surface area contributed by atoms with E-state index in [9.17, 15) is 14.0 Å². The van der Waals surface area contributed by atoms with Crippen LogP contribution in [0.1, 0.15) is 28.5 Å². The number of halogens is 1. The molecule has 1 amide bonds. The Morgan fingerprint density at radius 1 is 1.19 bits per heavy atom. The van der Waals surface area contributed by atoms with E-state index < -0.39 is 11.8 Å². The predicted molar refractivity (Wildman–Crippen MR) is 102 cm³/mol. The largest absolute Gasteiger partial charge is 0.456 e. The normalized spacial score (nSPS) is 10.5. The van der Waals surface area contributed by atoms with Gasteiger partial charge >= 0.3 is 5.97 Å². The van der Waals surface area contributed by atoms with Crippen LogP contribution in [0.2, 0.25) is 0 Å². The van der Waals surface area contributed by atoms with Crippen LogP contribution in [-0.4, -0.2) is 16.9 Å². The molecular formula is C20H17FN2O3S. The fourth-order valence-electron chi connectivity index (χ4n) is 2.47. The van der Waals surface area contributed by atoms with Crippen LogP contribution in [0.25, 0.3) is 0 Å². The fourth-order valence-corrected chi connectivity index (χ4v) is 3.34. The molecule has 0 radical (unpaired) electrons. The van der Waals surface area contributed by atoms with E-state index >= 15 is 0 Å². The van der Waals surface area contributed by atoms with Gasteiger partial charge in [-0.2, -0.15) is 0 Å². The molecule has 27 heavy (non-hydrogen) atoms. The molecule has 0 aliphatic heterocycles. The van der Waals surface area contributed by atoms with Crippen LogP contribution in [0.15, 0.2) is 53.9 Å². The molecular weight excluding hydrogens is 367 g/mol. The van der Waals surface area contributed by atoms with Crippen LogP contribution in [0.4, 0.5) is 15.2 Å². The lowest BCUT2D eigenvalue weighted by Crippen LogP contribution is -2.22. The maximum atomic E-state index is 12.9. The van der Waals surface area contributed by atoms with Gasteiger partial charge in [0.25, 0.3) is 0 Å². The molecule has 0 atom stereocenters. The van der Waals surface area contributed by atoms with E-state index in [2.05, 4.69) is 4.98 Å². The van der Waals surface area contributed by atoms with E-state index in [-0.39, 0.29) is 18.1 Å². The summed E-state index contributed by atoms with van der Waals surface area (Å²) >= 11 is 1.29. The SMILES string of the molecule is CC(=O)N(c1cccc(C)c1)c1nc(COC(=O)c2ccc(F)cc2)cs1. The van der Waals surface area contributed by atoms with Crippen molar-refractivity contribution in [3.8, 4) is 0 Å². The molecule has 1 aromatic heterocycles. The molecule has 5 nitrogen and oxygen atoms in total. The van der Waals surface area contributed by atoms with E-state index in [1.54, 1.807) is 5.38 Å². The number of carbonyl (C=O) groups is 2. The number of esters is 1. The Balaban J connectivity index is 1.72. The van der Waals surface area contributed by atoms with Gasteiger partial charge in [0.2, 0.25) is 5.91 Å². The summed E-state index contributed by atoms with van der Waals surface area (Å²) in [6.07, 6.45) is 0. The Labute approximate surface area is 160 Å². The summed E-state index contributed by atoms with van der Waals surface area (Å²) in [5.74, 6) is -1.15. The molecule has 3 aromatic rings. The quantitative estimate of drug-likeness (QED) is 0.602. The molecule has 1 heterocycles. The van der Waals surface area contributed by atoms with Gasteiger partial charge in [-0.3, -0.25) is 9.69 Å². The van der Waals surface area contributed by atoms with E-state index in [0.717, 1.165) is 11.3 Å². The zero-order chi connectivity index (χ0) is 19.4. The molecule has 0 aliphatic carbocycles. The molecule has 0 saturated carbocycles. The Kier molecular flexibility index (Phi) is 5.61. The highest BCUT2D eigenvalue weighted by Gasteiger charge is 2.18. The van der Waals surface area contributed by atoms with E-state index in [4.69, 9.17) is 4.74 Å². The zero-order valence-corrected chi connectivity index (χ0v) is 15.6. The van der Waals surface area contributed by atoms with Crippen LogP contribution in [-0.2, 0) is 16.1 Å². The molecule has 0 spiro atoms. The van der Waals surface area contributed by atoms with Crippen molar-refractivity contribution >= 4 is 34.0 Å². The van der Waals surface area contributed by atoms with Crippen molar-refractivity contribution in [3.63, 3.8) is 0 Å². The predicted octanol–water partition coefficient (Wildman–Crippen LogP) is 4.63. The standard InChI is InChI=1S/C20H17FN2O3S/c1-13-4-3-5-18(10-13)23(14(2)24)20-22-17(12-27-20)11-26-19(25)15-6-8-16(21)9-7-15/h3-10,12H,11H2,1-2H3. The summed E-state index contributed by atoms with van der Waals surface area (Å²) in [5.41, 5.74) is 2.55. The first kappa shape index (κ1) is 18.7. The number of nitrogens with zero attached hydrogens (tertiary/aromatic N) is 2. The molecule has 0 N–H and O–H groups in total. The average Bonchev–Trinajstić information content (AvgIpc) is 3.08. The maximum Gasteiger partial charge on any atom is 0.338 e. The molecule has 0 unspecified atom stereocenters. The third kappa shape index (κ3) is 4.57. The highest BCUT2D eigenvalue weighted by atomic mass is 32.1. The van der Waals surface area contributed by atoms with Crippen molar-refractivity contribution in [1.82, 2.24) is 4.98 Å². The minimum Gasteiger partial charge on any atom is -0.456 e. The summed E-state index contributed by atoms with van der Waals surface area (Å²) < 4.78 is 18.1. The minimum atomic E-state index is -0.563. The van der Waals surface area contributed by atoms with Gasteiger partial charge in [0.05, 0.1) is 16.9 Å². The number of anilines is 2. The minimum absolute atomic E-state index is 0.0354. The summed E-state index contributed by atoms with van der Waals surface area (Å²) in [5, 5.41) is 2.24. The monoisotopic (exact) mass is 384 g/mol. The van der Waals surface area contributed by atoms with Crippen LogP contribution < -0.4 is 4.90 Å². The Hall–Kier alpha value is -3.06. The number of thiazole rings is 1. The van der Waals surface area contributed by atoms with Gasteiger partial charge < -0.3 is 4.74 Å². The first-order valence-corrected chi connectivity index (χ1v) is 9.06. The average molecular weight is 384 g/mol. The third-order valence-corrected chi connectivity index (χ3v) is 4.61.